The Bertz CT molecular complexity index is 337. The maximum Gasteiger partial charge on any atom is 0.302 e. The standard InChI is InChI=1S/C14H21NO2/c1-11(17-12(2)16)14(15)10-6-9-13-7-4-3-5-8-13/h3-5,7-8,11,14H,6,9-10,15H2,1-2H3. The molecule has 3 heteroatoms. The van der Waals surface area contributed by atoms with Crippen molar-refractivity contribution in [1.82, 2.24) is 0 Å². The van der Waals surface area contributed by atoms with Crippen LogP contribution in [0.4, 0.5) is 0 Å². The summed E-state index contributed by atoms with van der Waals surface area (Å²) >= 11 is 0. The lowest BCUT2D eigenvalue weighted by molar-refractivity contribution is -0.146. The maximum absolute atomic E-state index is 10.8. The first-order valence-corrected chi connectivity index (χ1v) is 6.06. The zero-order chi connectivity index (χ0) is 12.7. The third-order valence-corrected chi connectivity index (χ3v) is 2.80. The maximum atomic E-state index is 10.8. The zero-order valence-electron chi connectivity index (χ0n) is 10.6. The molecule has 1 aromatic rings. The lowest BCUT2D eigenvalue weighted by atomic mass is 10.0. The normalized spacial score (nSPS) is 14.1. The van der Waals surface area contributed by atoms with Crippen molar-refractivity contribution >= 4 is 5.97 Å². The van der Waals surface area contributed by atoms with Gasteiger partial charge in [0.2, 0.25) is 0 Å². The largest absolute Gasteiger partial charge is 0.461 e. The van der Waals surface area contributed by atoms with E-state index in [1.54, 1.807) is 0 Å². The molecule has 0 aliphatic carbocycles. The number of aryl methyl sites for hydroxylation is 1. The van der Waals surface area contributed by atoms with Gasteiger partial charge in [0, 0.05) is 13.0 Å². The third-order valence-electron chi connectivity index (χ3n) is 2.80. The lowest BCUT2D eigenvalue weighted by Crippen LogP contribution is -2.35. The number of nitrogens with two attached hydrogens (primary N) is 1. The second-order valence-corrected chi connectivity index (χ2v) is 4.36. The first-order chi connectivity index (χ1) is 8.09. The van der Waals surface area contributed by atoms with Crippen molar-refractivity contribution in [3.63, 3.8) is 0 Å². The van der Waals surface area contributed by atoms with Crippen LogP contribution in [0.5, 0.6) is 0 Å². The number of carbonyl (C=O) groups is 1. The summed E-state index contributed by atoms with van der Waals surface area (Å²) in [6, 6.07) is 10.2. The minimum Gasteiger partial charge on any atom is -0.461 e. The molecule has 0 aromatic heterocycles. The fourth-order valence-electron chi connectivity index (χ4n) is 1.77. The number of hydrogen-bond donors (Lipinski definition) is 1. The molecule has 2 unspecified atom stereocenters. The van der Waals surface area contributed by atoms with Gasteiger partial charge in [-0.15, -0.1) is 0 Å². The van der Waals surface area contributed by atoms with Gasteiger partial charge in [-0.3, -0.25) is 4.79 Å². The molecule has 0 amide bonds. The predicted octanol–water partition coefficient (Wildman–Crippen LogP) is 2.29. The molecule has 0 heterocycles. The van der Waals surface area contributed by atoms with Gasteiger partial charge in [0.05, 0.1) is 0 Å². The Morgan fingerprint density at radius 2 is 2.00 bits per heavy atom. The van der Waals surface area contributed by atoms with E-state index in [0.29, 0.717) is 0 Å². The summed E-state index contributed by atoms with van der Waals surface area (Å²) in [7, 11) is 0. The van der Waals surface area contributed by atoms with Gasteiger partial charge in [-0.25, -0.2) is 0 Å². The average Bonchev–Trinajstić information content (AvgIpc) is 2.29. The smallest absolute Gasteiger partial charge is 0.302 e. The van der Waals surface area contributed by atoms with E-state index in [9.17, 15) is 4.79 Å². The highest BCUT2D eigenvalue weighted by molar-refractivity contribution is 5.66. The van der Waals surface area contributed by atoms with Gasteiger partial charge in [0.25, 0.3) is 0 Å². The van der Waals surface area contributed by atoms with Crippen molar-refractivity contribution in [1.29, 1.82) is 0 Å². The number of ether oxygens (including phenoxy) is 1. The predicted molar refractivity (Wildman–Crippen MR) is 68.6 cm³/mol. The molecule has 2 N–H and O–H groups in total. The molecule has 0 aliphatic heterocycles. The van der Waals surface area contributed by atoms with Gasteiger partial charge in [0.15, 0.2) is 0 Å². The molecule has 0 saturated carbocycles. The number of benzene rings is 1. The number of rotatable bonds is 6. The van der Waals surface area contributed by atoms with Crippen LogP contribution in [0.2, 0.25) is 0 Å². The molecule has 0 fully saturated rings. The van der Waals surface area contributed by atoms with Gasteiger partial charge >= 0.3 is 5.97 Å². The van der Waals surface area contributed by atoms with Crippen molar-refractivity contribution in [3.8, 4) is 0 Å². The van der Waals surface area contributed by atoms with E-state index in [2.05, 4.69) is 12.1 Å². The third kappa shape index (κ3) is 5.50. The van der Waals surface area contributed by atoms with Crippen LogP contribution in [0.15, 0.2) is 30.3 Å². The van der Waals surface area contributed by atoms with Crippen LogP contribution in [0.1, 0.15) is 32.3 Å². The molecule has 94 valence electrons. The molecule has 0 bridgehead atoms. The molecule has 3 nitrogen and oxygen atoms in total. The number of hydrogen-bond acceptors (Lipinski definition) is 3. The van der Waals surface area contributed by atoms with E-state index in [4.69, 9.17) is 10.5 Å². The second kappa shape index (κ2) is 7.07. The minimum atomic E-state index is -0.268. The lowest BCUT2D eigenvalue weighted by Gasteiger charge is -2.19. The Balaban J connectivity index is 2.24. The minimum absolute atomic E-state index is 0.0809. The molecule has 0 radical (unpaired) electrons. The molecule has 17 heavy (non-hydrogen) atoms. The highest BCUT2D eigenvalue weighted by Crippen LogP contribution is 2.09. The van der Waals surface area contributed by atoms with E-state index in [-0.39, 0.29) is 18.1 Å². The molecule has 1 aromatic carbocycles. The monoisotopic (exact) mass is 235 g/mol. The van der Waals surface area contributed by atoms with Gasteiger partial charge in [-0.05, 0) is 31.7 Å². The Kier molecular flexibility index (Phi) is 5.70. The van der Waals surface area contributed by atoms with E-state index >= 15 is 0 Å². The molecule has 0 saturated heterocycles. The van der Waals surface area contributed by atoms with Crippen LogP contribution >= 0.6 is 0 Å². The number of carbonyl (C=O) groups excluding carboxylic acids is 1. The van der Waals surface area contributed by atoms with E-state index in [1.807, 2.05) is 25.1 Å². The fourth-order valence-corrected chi connectivity index (χ4v) is 1.77. The summed E-state index contributed by atoms with van der Waals surface area (Å²) < 4.78 is 5.05. The van der Waals surface area contributed by atoms with Crippen LogP contribution in [-0.2, 0) is 16.0 Å². The highest BCUT2D eigenvalue weighted by atomic mass is 16.5. The Morgan fingerprint density at radius 3 is 2.59 bits per heavy atom. The molecule has 2 atom stereocenters. The Labute approximate surface area is 103 Å². The van der Waals surface area contributed by atoms with Crippen molar-refractivity contribution < 1.29 is 9.53 Å². The topological polar surface area (TPSA) is 52.3 Å². The van der Waals surface area contributed by atoms with Crippen LogP contribution in [0.3, 0.4) is 0 Å². The van der Waals surface area contributed by atoms with E-state index in [1.165, 1.54) is 12.5 Å². The summed E-state index contributed by atoms with van der Waals surface area (Å²) in [5.41, 5.74) is 7.27. The van der Waals surface area contributed by atoms with Gasteiger partial charge in [0.1, 0.15) is 6.10 Å². The average molecular weight is 235 g/mol. The highest BCUT2D eigenvalue weighted by Gasteiger charge is 2.14. The zero-order valence-corrected chi connectivity index (χ0v) is 10.6. The van der Waals surface area contributed by atoms with Gasteiger partial charge in [-0.2, -0.15) is 0 Å². The summed E-state index contributed by atoms with van der Waals surface area (Å²) in [5, 5.41) is 0. The van der Waals surface area contributed by atoms with Crippen molar-refractivity contribution in [3.05, 3.63) is 35.9 Å². The SMILES string of the molecule is CC(=O)OC(C)C(N)CCCc1ccccc1. The van der Waals surface area contributed by atoms with Crippen LogP contribution < -0.4 is 5.73 Å². The van der Waals surface area contributed by atoms with Crippen molar-refractivity contribution in [2.24, 2.45) is 5.73 Å². The molecule has 0 spiro atoms. The van der Waals surface area contributed by atoms with E-state index < -0.39 is 0 Å². The van der Waals surface area contributed by atoms with Crippen molar-refractivity contribution in [2.75, 3.05) is 0 Å². The van der Waals surface area contributed by atoms with Crippen LogP contribution in [0.25, 0.3) is 0 Å². The second-order valence-electron chi connectivity index (χ2n) is 4.36. The fraction of sp³-hybridized carbons (Fsp3) is 0.500. The van der Waals surface area contributed by atoms with E-state index in [0.717, 1.165) is 19.3 Å². The summed E-state index contributed by atoms with van der Waals surface area (Å²) in [4.78, 5) is 10.8. The first kappa shape index (κ1) is 13.7. The number of esters is 1. The van der Waals surface area contributed by atoms with Gasteiger partial charge < -0.3 is 10.5 Å². The van der Waals surface area contributed by atoms with Crippen LogP contribution in [0, 0.1) is 0 Å². The summed E-state index contributed by atoms with van der Waals surface area (Å²) in [5.74, 6) is -0.268. The van der Waals surface area contributed by atoms with Gasteiger partial charge in [-0.1, -0.05) is 30.3 Å². The Hall–Kier alpha value is -1.35. The molecule has 0 aliphatic rings. The Morgan fingerprint density at radius 1 is 1.35 bits per heavy atom. The quantitative estimate of drug-likeness (QED) is 0.770. The van der Waals surface area contributed by atoms with Crippen molar-refractivity contribution in [2.45, 2.75) is 45.3 Å². The van der Waals surface area contributed by atoms with Crippen LogP contribution in [-0.4, -0.2) is 18.1 Å². The first-order valence-electron chi connectivity index (χ1n) is 6.06. The molecular weight excluding hydrogens is 214 g/mol. The summed E-state index contributed by atoms with van der Waals surface area (Å²) in [6.45, 7) is 3.25. The molecular formula is C14H21NO2. The molecule has 1 rings (SSSR count). The summed E-state index contributed by atoms with van der Waals surface area (Å²) in [6.07, 6.45) is 2.69.